The molecule has 1 aliphatic rings. The quantitative estimate of drug-likeness (QED) is 0.661. The fourth-order valence-corrected chi connectivity index (χ4v) is 2.41. The molecule has 0 saturated carbocycles. The summed E-state index contributed by atoms with van der Waals surface area (Å²) in [4.78, 5) is 28.4. The van der Waals surface area contributed by atoms with Crippen molar-refractivity contribution in [3.05, 3.63) is 33.6 Å². The minimum Gasteiger partial charge on any atom is -0.337 e. The van der Waals surface area contributed by atoms with E-state index in [-0.39, 0.29) is 17.6 Å². The number of likely N-dealkylation sites (N-methyl/N-ethyl adjacent to an activating group) is 1. The Morgan fingerprint density at radius 1 is 1.60 bits per heavy atom. The molecule has 7 heteroatoms. The number of piperidine rings is 1. The SMILES string of the molecule is CNC1CCCN(C(=O)c2cc([N+](=O)[O-])cnc2C)C1. The summed E-state index contributed by atoms with van der Waals surface area (Å²) < 4.78 is 0. The van der Waals surface area contributed by atoms with Gasteiger partial charge in [0.1, 0.15) is 6.20 Å². The van der Waals surface area contributed by atoms with Crippen molar-refractivity contribution in [3.8, 4) is 0 Å². The van der Waals surface area contributed by atoms with Crippen LogP contribution in [0, 0.1) is 17.0 Å². The molecule has 0 aromatic carbocycles. The standard InChI is InChI=1S/C13H18N4O3/c1-9-12(6-11(7-15-9)17(19)20)13(18)16-5-3-4-10(8-16)14-2/h6-7,10,14H,3-5,8H2,1-2H3. The van der Waals surface area contributed by atoms with E-state index in [0.717, 1.165) is 12.8 Å². The number of hydrogen-bond donors (Lipinski definition) is 1. The number of amides is 1. The number of carbonyl (C=O) groups is 1. The maximum atomic E-state index is 12.5. The second-order valence-corrected chi connectivity index (χ2v) is 4.96. The molecule has 0 radical (unpaired) electrons. The van der Waals surface area contributed by atoms with Crippen LogP contribution in [-0.2, 0) is 0 Å². The topological polar surface area (TPSA) is 88.4 Å². The van der Waals surface area contributed by atoms with E-state index in [1.54, 1.807) is 11.8 Å². The van der Waals surface area contributed by atoms with Crippen molar-refractivity contribution in [1.82, 2.24) is 15.2 Å². The third kappa shape index (κ3) is 2.93. The Kier molecular flexibility index (Phi) is 4.29. The minimum atomic E-state index is -0.532. The molecule has 2 rings (SSSR count). The van der Waals surface area contributed by atoms with Gasteiger partial charge in [-0.2, -0.15) is 0 Å². The van der Waals surface area contributed by atoms with Crippen molar-refractivity contribution < 1.29 is 9.72 Å². The van der Waals surface area contributed by atoms with E-state index in [1.165, 1.54) is 12.3 Å². The number of aryl methyl sites for hydroxylation is 1. The minimum absolute atomic E-state index is 0.152. The van der Waals surface area contributed by atoms with Crippen LogP contribution in [0.1, 0.15) is 28.9 Å². The third-order valence-electron chi connectivity index (χ3n) is 3.63. The number of pyridine rings is 1. The number of hydrogen-bond acceptors (Lipinski definition) is 5. The Balaban J connectivity index is 2.24. The molecule has 108 valence electrons. The van der Waals surface area contributed by atoms with Crippen molar-refractivity contribution in [2.24, 2.45) is 0 Å². The van der Waals surface area contributed by atoms with E-state index in [0.29, 0.717) is 24.3 Å². The second-order valence-electron chi connectivity index (χ2n) is 4.96. The van der Waals surface area contributed by atoms with Crippen LogP contribution >= 0.6 is 0 Å². The molecule has 2 heterocycles. The Hall–Kier alpha value is -2.02. The Morgan fingerprint density at radius 3 is 3.00 bits per heavy atom. The molecule has 1 atom stereocenters. The third-order valence-corrected chi connectivity index (χ3v) is 3.63. The lowest BCUT2D eigenvalue weighted by Crippen LogP contribution is -2.47. The lowest BCUT2D eigenvalue weighted by Gasteiger charge is -2.32. The summed E-state index contributed by atoms with van der Waals surface area (Å²) in [7, 11) is 1.87. The zero-order valence-corrected chi connectivity index (χ0v) is 11.6. The van der Waals surface area contributed by atoms with E-state index in [1.807, 2.05) is 7.05 Å². The summed E-state index contributed by atoms with van der Waals surface area (Å²) in [6.07, 6.45) is 3.14. The van der Waals surface area contributed by atoms with Crippen LogP contribution in [0.5, 0.6) is 0 Å². The Morgan fingerprint density at radius 2 is 2.35 bits per heavy atom. The zero-order chi connectivity index (χ0) is 14.7. The lowest BCUT2D eigenvalue weighted by molar-refractivity contribution is -0.385. The molecule has 1 saturated heterocycles. The van der Waals surface area contributed by atoms with Crippen molar-refractivity contribution in [3.63, 3.8) is 0 Å². The van der Waals surface area contributed by atoms with Crippen molar-refractivity contribution in [2.75, 3.05) is 20.1 Å². The molecular formula is C13H18N4O3. The Labute approximate surface area is 117 Å². The number of rotatable bonds is 3. The van der Waals surface area contributed by atoms with Gasteiger partial charge in [-0.15, -0.1) is 0 Å². The van der Waals surface area contributed by atoms with Crippen LogP contribution in [0.15, 0.2) is 12.3 Å². The first-order valence-corrected chi connectivity index (χ1v) is 6.60. The van der Waals surface area contributed by atoms with Gasteiger partial charge in [0.2, 0.25) is 0 Å². The van der Waals surface area contributed by atoms with Crippen LogP contribution < -0.4 is 5.32 Å². The largest absolute Gasteiger partial charge is 0.337 e. The van der Waals surface area contributed by atoms with E-state index < -0.39 is 4.92 Å². The van der Waals surface area contributed by atoms with Crippen LogP contribution in [-0.4, -0.2) is 46.9 Å². The van der Waals surface area contributed by atoms with Gasteiger partial charge in [0.25, 0.3) is 11.6 Å². The molecule has 0 bridgehead atoms. The molecule has 1 aromatic rings. The van der Waals surface area contributed by atoms with Crippen LogP contribution in [0.25, 0.3) is 0 Å². The molecule has 1 aliphatic heterocycles. The molecule has 1 fully saturated rings. The van der Waals surface area contributed by atoms with Crippen LogP contribution in [0.2, 0.25) is 0 Å². The Bertz CT molecular complexity index is 532. The molecule has 20 heavy (non-hydrogen) atoms. The van der Waals surface area contributed by atoms with Gasteiger partial charge < -0.3 is 10.2 Å². The fraction of sp³-hybridized carbons (Fsp3) is 0.538. The number of nitrogens with one attached hydrogen (secondary N) is 1. The number of likely N-dealkylation sites (tertiary alicyclic amines) is 1. The van der Waals surface area contributed by atoms with Gasteiger partial charge >= 0.3 is 0 Å². The highest BCUT2D eigenvalue weighted by molar-refractivity contribution is 5.95. The summed E-state index contributed by atoms with van der Waals surface area (Å²) in [6.45, 7) is 2.99. The van der Waals surface area contributed by atoms with Gasteiger partial charge in [-0.25, -0.2) is 0 Å². The average Bonchev–Trinajstić information content (AvgIpc) is 2.46. The van der Waals surface area contributed by atoms with E-state index in [2.05, 4.69) is 10.3 Å². The maximum absolute atomic E-state index is 12.5. The highest BCUT2D eigenvalue weighted by Crippen LogP contribution is 2.19. The maximum Gasteiger partial charge on any atom is 0.288 e. The van der Waals surface area contributed by atoms with Crippen molar-refractivity contribution in [2.45, 2.75) is 25.8 Å². The van der Waals surface area contributed by atoms with Crippen molar-refractivity contribution in [1.29, 1.82) is 0 Å². The molecule has 7 nitrogen and oxygen atoms in total. The summed E-state index contributed by atoms with van der Waals surface area (Å²) in [5, 5.41) is 14.0. The van der Waals surface area contributed by atoms with Gasteiger partial charge in [-0.1, -0.05) is 0 Å². The highest BCUT2D eigenvalue weighted by atomic mass is 16.6. The molecule has 0 aliphatic carbocycles. The van der Waals surface area contributed by atoms with E-state index >= 15 is 0 Å². The highest BCUT2D eigenvalue weighted by Gasteiger charge is 2.26. The summed E-state index contributed by atoms with van der Waals surface area (Å²) >= 11 is 0. The number of nitro groups is 1. The predicted octanol–water partition coefficient (Wildman–Crippen LogP) is 1.12. The van der Waals surface area contributed by atoms with E-state index in [9.17, 15) is 14.9 Å². The van der Waals surface area contributed by atoms with E-state index in [4.69, 9.17) is 0 Å². The number of aromatic nitrogens is 1. The first-order chi connectivity index (χ1) is 9.52. The number of nitrogens with zero attached hydrogens (tertiary/aromatic N) is 3. The average molecular weight is 278 g/mol. The van der Waals surface area contributed by atoms with Crippen molar-refractivity contribution >= 4 is 11.6 Å². The molecule has 1 aromatic heterocycles. The van der Waals surface area contributed by atoms with Gasteiger partial charge in [-0.3, -0.25) is 19.9 Å². The normalized spacial score (nSPS) is 18.9. The monoisotopic (exact) mass is 278 g/mol. The van der Waals surface area contributed by atoms with Gasteiger partial charge in [0.05, 0.1) is 16.2 Å². The first-order valence-electron chi connectivity index (χ1n) is 6.60. The van der Waals surface area contributed by atoms with Gasteiger partial charge in [0.15, 0.2) is 0 Å². The molecule has 0 spiro atoms. The lowest BCUT2D eigenvalue weighted by atomic mass is 10.0. The molecular weight excluding hydrogens is 260 g/mol. The molecule has 1 amide bonds. The van der Waals surface area contributed by atoms with Gasteiger partial charge in [0, 0.05) is 25.2 Å². The smallest absolute Gasteiger partial charge is 0.288 e. The summed E-state index contributed by atoms with van der Waals surface area (Å²) in [6, 6.07) is 1.59. The predicted molar refractivity (Wildman–Crippen MR) is 73.6 cm³/mol. The number of carbonyl (C=O) groups excluding carboxylic acids is 1. The summed E-state index contributed by atoms with van der Waals surface area (Å²) in [5.74, 6) is -0.182. The first kappa shape index (κ1) is 14.4. The molecule has 1 unspecified atom stereocenters. The summed E-state index contributed by atoms with van der Waals surface area (Å²) in [5.41, 5.74) is 0.685. The fourth-order valence-electron chi connectivity index (χ4n) is 2.41. The van der Waals surface area contributed by atoms with Crippen LogP contribution in [0.4, 0.5) is 5.69 Å². The zero-order valence-electron chi connectivity index (χ0n) is 11.6. The van der Waals surface area contributed by atoms with Gasteiger partial charge in [-0.05, 0) is 26.8 Å². The van der Waals surface area contributed by atoms with Crippen LogP contribution in [0.3, 0.4) is 0 Å². The second kappa shape index (κ2) is 5.96. The molecule has 1 N–H and O–H groups in total.